The first-order chi connectivity index (χ1) is 8.58. The van der Waals surface area contributed by atoms with E-state index in [0.29, 0.717) is 13.1 Å². The Hall–Kier alpha value is -1.62. The lowest BCUT2D eigenvalue weighted by Crippen LogP contribution is -2.34. The molecule has 4 nitrogen and oxygen atoms in total. The summed E-state index contributed by atoms with van der Waals surface area (Å²) in [7, 11) is 0. The molecule has 18 heavy (non-hydrogen) atoms. The normalized spacial score (nSPS) is 20.8. The van der Waals surface area contributed by atoms with E-state index in [2.05, 4.69) is 5.32 Å². The molecule has 0 spiro atoms. The number of benzene rings is 1. The molecule has 2 N–H and O–H groups in total. The number of carbonyl (C=O) groups is 1. The van der Waals surface area contributed by atoms with Crippen LogP contribution in [0.25, 0.3) is 0 Å². The summed E-state index contributed by atoms with van der Waals surface area (Å²) in [5.41, 5.74) is 0.183. The molecule has 1 aliphatic rings. The van der Waals surface area contributed by atoms with Gasteiger partial charge in [0.25, 0.3) is 0 Å². The first kappa shape index (κ1) is 12.8. The number of rotatable bonds is 2. The number of nitrogens with zero attached hydrogens (tertiary/aromatic N) is 1. The Morgan fingerprint density at radius 1 is 1.56 bits per heavy atom. The molecule has 0 aromatic heterocycles. The van der Waals surface area contributed by atoms with Crippen LogP contribution in [-0.2, 0) is 0 Å². The Morgan fingerprint density at radius 3 is 2.89 bits per heavy atom. The van der Waals surface area contributed by atoms with Gasteiger partial charge in [0.15, 0.2) is 0 Å². The van der Waals surface area contributed by atoms with Gasteiger partial charge in [-0.1, -0.05) is 12.1 Å². The zero-order chi connectivity index (χ0) is 13.1. The van der Waals surface area contributed by atoms with Crippen LogP contribution < -0.4 is 5.32 Å². The number of anilines is 1. The summed E-state index contributed by atoms with van der Waals surface area (Å²) >= 11 is 0. The van der Waals surface area contributed by atoms with Crippen molar-refractivity contribution >= 4 is 11.7 Å². The van der Waals surface area contributed by atoms with Gasteiger partial charge in [0, 0.05) is 19.0 Å². The summed E-state index contributed by atoms with van der Waals surface area (Å²) in [6.45, 7) is 2.83. The van der Waals surface area contributed by atoms with Crippen molar-refractivity contribution in [3.05, 3.63) is 30.1 Å². The highest BCUT2D eigenvalue weighted by Crippen LogP contribution is 2.21. The molecule has 1 fully saturated rings. The highest BCUT2D eigenvalue weighted by atomic mass is 19.1. The first-order valence-electron chi connectivity index (χ1n) is 6.06. The van der Waals surface area contributed by atoms with Crippen molar-refractivity contribution in [2.75, 3.05) is 18.4 Å². The third-order valence-corrected chi connectivity index (χ3v) is 3.31. The Morgan fingerprint density at radius 2 is 2.28 bits per heavy atom. The van der Waals surface area contributed by atoms with E-state index in [9.17, 15) is 14.3 Å². The Labute approximate surface area is 105 Å². The van der Waals surface area contributed by atoms with Crippen molar-refractivity contribution < 1.29 is 14.3 Å². The van der Waals surface area contributed by atoms with Gasteiger partial charge in [-0.05, 0) is 25.5 Å². The molecule has 1 heterocycles. The van der Waals surface area contributed by atoms with E-state index in [4.69, 9.17) is 0 Å². The number of para-hydroxylation sites is 1. The molecule has 2 rings (SSSR count). The van der Waals surface area contributed by atoms with Gasteiger partial charge in [-0.25, -0.2) is 9.18 Å². The van der Waals surface area contributed by atoms with Crippen LogP contribution >= 0.6 is 0 Å². The second-order valence-electron chi connectivity index (χ2n) is 4.65. The number of hydrogen-bond acceptors (Lipinski definition) is 2. The molecule has 0 bridgehead atoms. The summed E-state index contributed by atoms with van der Waals surface area (Å²) in [6.07, 6.45) is 0.360. The number of aliphatic hydroxyl groups is 1. The molecule has 1 aromatic rings. The van der Waals surface area contributed by atoms with Crippen molar-refractivity contribution in [1.82, 2.24) is 4.90 Å². The van der Waals surface area contributed by atoms with Gasteiger partial charge < -0.3 is 15.3 Å². The van der Waals surface area contributed by atoms with E-state index < -0.39 is 11.9 Å². The molecule has 0 saturated carbocycles. The fourth-order valence-corrected chi connectivity index (χ4v) is 2.12. The highest BCUT2D eigenvalue weighted by molar-refractivity contribution is 5.89. The van der Waals surface area contributed by atoms with Crippen LogP contribution in [0.1, 0.15) is 13.3 Å². The summed E-state index contributed by atoms with van der Waals surface area (Å²) in [5.74, 6) is -0.339. The SMILES string of the molecule is CC(O)C1CCN(C(=O)Nc2ccccc2F)C1. The molecule has 2 amide bonds. The third-order valence-electron chi connectivity index (χ3n) is 3.31. The Bertz CT molecular complexity index is 437. The van der Waals surface area contributed by atoms with Crippen molar-refractivity contribution in [1.29, 1.82) is 0 Å². The number of aliphatic hydroxyl groups excluding tert-OH is 1. The Balaban J connectivity index is 1.96. The van der Waals surface area contributed by atoms with Gasteiger partial charge in [0.05, 0.1) is 11.8 Å². The summed E-state index contributed by atoms with van der Waals surface area (Å²) in [5, 5.41) is 12.0. The van der Waals surface area contributed by atoms with Crippen molar-refractivity contribution in [2.45, 2.75) is 19.4 Å². The van der Waals surface area contributed by atoms with Crippen LogP contribution in [-0.4, -0.2) is 35.2 Å². The van der Waals surface area contributed by atoms with Gasteiger partial charge in [0.1, 0.15) is 5.82 Å². The maximum absolute atomic E-state index is 13.4. The predicted octanol–water partition coefficient (Wildman–Crippen LogP) is 2.06. The lowest BCUT2D eigenvalue weighted by Gasteiger charge is -2.18. The number of carbonyl (C=O) groups excluding carboxylic acids is 1. The van der Waals surface area contributed by atoms with Crippen LogP contribution in [0, 0.1) is 11.7 Å². The van der Waals surface area contributed by atoms with Crippen molar-refractivity contribution in [3.63, 3.8) is 0 Å². The molecule has 0 aliphatic carbocycles. The summed E-state index contributed by atoms with van der Waals surface area (Å²) in [4.78, 5) is 13.5. The fraction of sp³-hybridized carbons (Fsp3) is 0.462. The van der Waals surface area contributed by atoms with E-state index in [1.807, 2.05) is 0 Å². The standard InChI is InChI=1S/C13H17FN2O2/c1-9(17)10-6-7-16(8-10)13(18)15-12-5-3-2-4-11(12)14/h2-5,9-10,17H,6-8H2,1H3,(H,15,18). The summed E-state index contributed by atoms with van der Waals surface area (Å²) < 4.78 is 13.4. The number of likely N-dealkylation sites (tertiary alicyclic amines) is 1. The van der Waals surface area contributed by atoms with Gasteiger partial charge in [-0.3, -0.25) is 0 Å². The minimum atomic E-state index is -0.447. The zero-order valence-electron chi connectivity index (χ0n) is 10.3. The zero-order valence-corrected chi connectivity index (χ0v) is 10.3. The predicted molar refractivity (Wildman–Crippen MR) is 66.8 cm³/mol. The maximum atomic E-state index is 13.4. The van der Waals surface area contributed by atoms with Crippen LogP contribution in [0.5, 0.6) is 0 Å². The van der Waals surface area contributed by atoms with Gasteiger partial charge in [-0.2, -0.15) is 0 Å². The van der Waals surface area contributed by atoms with Crippen LogP contribution in [0.2, 0.25) is 0 Å². The summed E-state index contributed by atoms with van der Waals surface area (Å²) in [6, 6.07) is 5.75. The third kappa shape index (κ3) is 2.79. The second kappa shape index (κ2) is 5.35. The second-order valence-corrected chi connectivity index (χ2v) is 4.65. The number of urea groups is 1. The molecule has 98 valence electrons. The number of amides is 2. The van der Waals surface area contributed by atoms with Gasteiger partial charge in [-0.15, -0.1) is 0 Å². The van der Waals surface area contributed by atoms with Gasteiger partial charge >= 0.3 is 6.03 Å². The van der Waals surface area contributed by atoms with Crippen molar-refractivity contribution in [2.24, 2.45) is 5.92 Å². The van der Waals surface area contributed by atoms with Crippen LogP contribution in [0.4, 0.5) is 14.9 Å². The lowest BCUT2D eigenvalue weighted by atomic mass is 10.0. The smallest absolute Gasteiger partial charge is 0.321 e. The molecular formula is C13H17FN2O2. The van der Waals surface area contributed by atoms with Crippen LogP contribution in [0.3, 0.4) is 0 Å². The maximum Gasteiger partial charge on any atom is 0.321 e. The van der Waals surface area contributed by atoms with E-state index in [-0.39, 0.29) is 17.6 Å². The van der Waals surface area contributed by atoms with Gasteiger partial charge in [0.2, 0.25) is 0 Å². The first-order valence-corrected chi connectivity index (χ1v) is 6.06. The molecule has 1 aromatic carbocycles. The van der Waals surface area contributed by atoms with E-state index in [1.165, 1.54) is 12.1 Å². The number of hydrogen-bond donors (Lipinski definition) is 2. The highest BCUT2D eigenvalue weighted by Gasteiger charge is 2.29. The molecular weight excluding hydrogens is 235 g/mol. The lowest BCUT2D eigenvalue weighted by molar-refractivity contribution is 0.130. The van der Waals surface area contributed by atoms with E-state index in [0.717, 1.165) is 6.42 Å². The molecule has 1 saturated heterocycles. The number of nitrogens with one attached hydrogen (secondary N) is 1. The van der Waals surface area contributed by atoms with E-state index >= 15 is 0 Å². The Kier molecular flexibility index (Phi) is 3.81. The minimum Gasteiger partial charge on any atom is -0.393 e. The van der Waals surface area contributed by atoms with Crippen LogP contribution in [0.15, 0.2) is 24.3 Å². The monoisotopic (exact) mass is 252 g/mol. The molecule has 2 unspecified atom stereocenters. The topological polar surface area (TPSA) is 52.6 Å². The largest absolute Gasteiger partial charge is 0.393 e. The fourth-order valence-electron chi connectivity index (χ4n) is 2.12. The average Bonchev–Trinajstić information content (AvgIpc) is 2.81. The van der Waals surface area contributed by atoms with E-state index in [1.54, 1.807) is 24.0 Å². The number of halogens is 1. The van der Waals surface area contributed by atoms with Crippen molar-refractivity contribution in [3.8, 4) is 0 Å². The molecule has 1 aliphatic heterocycles. The average molecular weight is 252 g/mol. The molecule has 0 radical (unpaired) electrons. The minimum absolute atomic E-state index is 0.108. The quantitative estimate of drug-likeness (QED) is 0.846. The molecule has 2 atom stereocenters. The molecule has 5 heteroatoms.